The van der Waals surface area contributed by atoms with Crippen molar-refractivity contribution in [2.45, 2.75) is 25.0 Å². The van der Waals surface area contributed by atoms with Crippen LogP contribution in [0.5, 0.6) is 0 Å². The first-order valence-corrected chi connectivity index (χ1v) is 10.6. The monoisotopic (exact) mass is 355 g/mol. The minimum atomic E-state index is -0.892. The van der Waals surface area contributed by atoms with Gasteiger partial charge in [0, 0.05) is 41.5 Å². The lowest BCUT2D eigenvalue weighted by molar-refractivity contribution is 0.0690. The van der Waals surface area contributed by atoms with Gasteiger partial charge < -0.3 is 4.90 Å². The topological polar surface area (TPSA) is 37.4 Å². The molecule has 2 aromatic carbocycles. The van der Waals surface area contributed by atoms with Crippen LogP contribution in [0.25, 0.3) is 0 Å². The highest BCUT2D eigenvalue weighted by molar-refractivity contribution is 7.83. The molecule has 1 aliphatic heterocycles. The molecule has 2 aromatic rings. The summed E-state index contributed by atoms with van der Waals surface area (Å²) >= 11 is 0. The third-order valence-electron chi connectivity index (χ3n) is 4.81. The second-order valence-corrected chi connectivity index (χ2v) is 8.28. The van der Waals surface area contributed by atoms with Gasteiger partial charge >= 0.3 is 0 Å². The Bertz CT molecular complexity index is 737. The summed E-state index contributed by atoms with van der Waals surface area (Å²) in [5, 5.41) is 0. The molecule has 1 atom stereocenters. The molecule has 1 heterocycles. The number of carbonyl (C=O) groups excluding carboxylic acids is 1. The van der Waals surface area contributed by atoms with Crippen molar-refractivity contribution >= 4 is 16.7 Å². The molecule has 0 aliphatic carbocycles. The molecule has 0 spiro atoms. The average Bonchev–Trinajstić information content (AvgIpc) is 2.62. The number of amides is 1. The van der Waals surface area contributed by atoms with Crippen LogP contribution in [0, 0.1) is 5.92 Å². The molecular formula is C21H25NO2S. The summed E-state index contributed by atoms with van der Waals surface area (Å²) in [6.45, 7) is 1.64. The van der Waals surface area contributed by atoms with E-state index in [9.17, 15) is 9.00 Å². The quantitative estimate of drug-likeness (QED) is 0.821. The molecule has 3 rings (SSSR count). The first kappa shape index (κ1) is 17.9. The number of carbonyl (C=O) groups is 1. The Labute approximate surface area is 152 Å². The lowest BCUT2D eigenvalue weighted by Gasteiger charge is -2.32. The Hall–Kier alpha value is -1.94. The molecule has 0 bridgehead atoms. The van der Waals surface area contributed by atoms with Crippen LogP contribution in [0.3, 0.4) is 0 Å². The molecule has 1 aliphatic rings. The van der Waals surface area contributed by atoms with E-state index >= 15 is 0 Å². The van der Waals surface area contributed by atoms with Crippen molar-refractivity contribution in [3.63, 3.8) is 0 Å². The summed E-state index contributed by atoms with van der Waals surface area (Å²) in [5.41, 5.74) is 3.06. The van der Waals surface area contributed by atoms with E-state index in [0.29, 0.717) is 17.2 Å². The fraction of sp³-hybridized carbons (Fsp3) is 0.381. The van der Waals surface area contributed by atoms with Crippen molar-refractivity contribution in [3.8, 4) is 0 Å². The van der Waals surface area contributed by atoms with Crippen LogP contribution in [0.4, 0.5) is 0 Å². The van der Waals surface area contributed by atoms with Gasteiger partial charge in [0.2, 0.25) is 0 Å². The normalized spacial score (nSPS) is 16.6. The Morgan fingerprint density at radius 2 is 1.72 bits per heavy atom. The van der Waals surface area contributed by atoms with Crippen LogP contribution in [0.2, 0.25) is 0 Å². The molecule has 4 heteroatoms. The average molecular weight is 356 g/mol. The van der Waals surface area contributed by atoms with Gasteiger partial charge in [0.15, 0.2) is 0 Å². The fourth-order valence-electron chi connectivity index (χ4n) is 3.50. The molecule has 1 saturated heterocycles. The van der Waals surface area contributed by atoms with Gasteiger partial charge in [-0.2, -0.15) is 0 Å². The zero-order valence-electron chi connectivity index (χ0n) is 14.7. The number of hydrogen-bond acceptors (Lipinski definition) is 2. The number of piperidine rings is 1. The summed E-state index contributed by atoms with van der Waals surface area (Å²) in [6, 6.07) is 18.2. The minimum absolute atomic E-state index is 0.0990. The Morgan fingerprint density at radius 1 is 1.04 bits per heavy atom. The van der Waals surface area contributed by atoms with E-state index in [1.165, 1.54) is 5.56 Å². The molecule has 25 heavy (non-hydrogen) atoms. The lowest BCUT2D eigenvalue weighted by Crippen LogP contribution is -2.38. The number of likely N-dealkylation sites (tertiary alicyclic amines) is 1. The van der Waals surface area contributed by atoms with Crippen LogP contribution < -0.4 is 0 Å². The molecule has 1 amide bonds. The molecular weight excluding hydrogens is 330 g/mol. The molecule has 3 nitrogen and oxygen atoms in total. The first-order valence-electron chi connectivity index (χ1n) is 8.84. The maximum absolute atomic E-state index is 12.8. The molecule has 1 fully saturated rings. The van der Waals surface area contributed by atoms with Crippen LogP contribution in [0.1, 0.15) is 34.3 Å². The lowest BCUT2D eigenvalue weighted by atomic mass is 9.90. The number of rotatable bonds is 5. The van der Waals surface area contributed by atoms with E-state index in [1.54, 1.807) is 6.26 Å². The van der Waals surface area contributed by atoms with Gasteiger partial charge in [0.05, 0.1) is 0 Å². The third-order valence-corrected chi connectivity index (χ3v) is 5.55. The Kier molecular flexibility index (Phi) is 6.03. The smallest absolute Gasteiger partial charge is 0.253 e. The van der Waals surface area contributed by atoms with Crippen molar-refractivity contribution < 1.29 is 9.00 Å². The second kappa shape index (κ2) is 8.43. The van der Waals surface area contributed by atoms with Gasteiger partial charge in [-0.1, -0.05) is 42.5 Å². The zero-order valence-corrected chi connectivity index (χ0v) is 15.5. The third kappa shape index (κ3) is 5.02. The van der Waals surface area contributed by atoms with Crippen molar-refractivity contribution in [3.05, 3.63) is 71.3 Å². The van der Waals surface area contributed by atoms with Gasteiger partial charge in [-0.25, -0.2) is 0 Å². The predicted octanol–water partition coefficient (Wildman–Crippen LogP) is 3.66. The van der Waals surface area contributed by atoms with Crippen molar-refractivity contribution in [1.29, 1.82) is 0 Å². The van der Waals surface area contributed by atoms with Crippen LogP contribution in [-0.4, -0.2) is 34.4 Å². The SMILES string of the molecule is C[S@](=O)Cc1cccc(C(=O)N2CCC(Cc3ccccc3)CC2)c1. The van der Waals surface area contributed by atoms with Gasteiger partial charge in [0.1, 0.15) is 0 Å². The van der Waals surface area contributed by atoms with Crippen LogP contribution in [-0.2, 0) is 23.0 Å². The van der Waals surface area contributed by atoms with Gasteiger partial charge in [-0.05, 0) is 48.4 Å². The van der Waals surface area contributed by atoms with Gasteiger partial charge in [0.25, 0.3) is 5.91 Å². The first-order chi connectivity index (χ1) is 12.1. The zero-order chi connectivity index (χ0) is 17.6. The maximum atomic E-state index is 12.8. The highest BCUT2D eigenvalue weighted by Crippen LogP contribution is 2.23. The molecule has 132 valence electrons. The molecule has 0 aromatic heterocycles. The summed E-state index contributed by atoms with van der Waals surface area (Å²) in [6.07, 6.45) is 4.89. The van der Waals surface area contributed by atoms with Crippen LogP contribution in [0.15, 0.2) is 54.6 Å². The van der Waals surface area contributed by atoms with E-state index < -0.39 is 10.8 Å². The molecule has 0 radical (unpaired) electrons. The van der Waals surface area contributed by atoms with E-state index in [-0.39, 0.29) is 5.91 Å². The van der Waals surface area contributed by atoms with E-state index in [2.05, 4.69) is 24.3 Å². The Balaban J connectivity index is 1.57. The van der Waals surface area contributed by atoms with E-state index in [4.69, 9.17) is 0 Å². The molecule has 0 N–H and O–H groups in total. The Morgan fingerprint density at radius 3 is 2.40 bits per heavy atom. The van der Waals surface area contributed by atoms with Crippen molar-refractivity contribution in [1.82, 2.24) is 4.90 Å². The van der Waals surface area contributed by atoms with Crippen molar-refractivity contribution in [2.24, 2.45) is 5.92 Å². The summed E-state index contributed by atoms with van der Waals surface area (Å²) < 4.78 is 11.4. The predicted molar refractivity (Wildman–Crippen MR) is 103 cm³/mol. The van der Waals surface area contributed by atoms with Crippen LogP contribution >= 0.6 is 0 Å². The summed E-state index contributed by atoms with van der Waals surface area (Å²) in [4.78, 5) is 14.7. The largest absolute Gasteiger partial charge is 0.339 e. The summed E-state index contributed by atoms with van der Waals surface area (Å²) in [5.74, 6) is 1.25. The van der Waals surface area contributed by atoms with E-state index in [0.717, 1.165) is 37.9 Å². The summed E-state index contributed by atoms with van der Waals surface area (Å²) in [7, 11) is -0.892. The number of nitrogens with zero attached hydrogens (tertiary/aromatic N) is 1. The maximum Gasteiger partial charge on any atom is 0.253 e. The van der Waals surface area contributed by atoms with Gasteiger partial charge in [-0.15, -0.1) is 0 Å². The highest BCUT2D eigenvalue weighted by atomic mass is 32.2. The molecule has 0 saturated carbocycles. The highest BCUT2D eigenvalue weighted by Gasteiger charge is 2.23. The van der Waals surface area contributed by atoms with E-state index in [1.807, 2.05) is 35.2 Å². The molecule has 0 unspecified atom stereocenters. The number of hydrogen-bond donors (Lipinski definition) is 0. The fourth-order valence-corrected chi connectivity index (χ4v) is 4.15. The van der Waals surface area contributed by atoms with Crippen molar-refractivity contribution in [2.75, 3.05) is 19.3 Å². The standard InChI is InChI=1S/C21H25NO2S/c1-25(24)16-19-8-5-9-20(15-19)21(23)22-12-10-18(11-13-22)14-17-6-3-2-4-7-17/h2-9,15,18H,10-14,16H2,1H3/t25-/m0/s1. The minimum Gasteiger partial charge on any atom is -0.339 e. The second-order valence-electron chi connectivity index (χ2n) is 6.84. The number of benzene rings is 2. The van der Waals surface area contributed by atoms with Gasteiger partial charge in [-0.3, -0.25) is 9.00 Å².